The Morgan fingerprint density at radius 1 is 1.48 bits per heavy atom. The summed E-state index contributed by atoms with van der Waals surface area (Å²) in [7, 11) is 1.84. The number of nitro groups is 1. The number of hydrogen-bond donors (Lipinski definition) is 1. The molecule has 2 rings (SSSR count). The number of nitrogens with one attached hydrogen (secondary N) is 1. The van der Waals surface area contributed by atoms with Gasteiger partial charge in [0, 0.05) is 25.4 Å². The van der Waals surface area contributed by atoms with Crippen molar-refractivity contribution in [2.75, 3.05) is 11.9 Å². The van der Waals surface area contributed by atoms with Crippen LogP contribution in [0, 0.1) is 17.0 Å². The van der Waals surface area contributed by atoms with Gasteiger partial charge in [0.15, 0.2) is 5.75 Å². The molecule has 0 unspecified atom stereocenters. The summed E-state index contributed by atoms with van der Waals surface area (Å²) < 4.78 is 7.04. The van der Waals surface area contributed by atoms with Crippen molar-refractivity contribution in [2.45, 2.75) is 20.4 Å². The van der Waals surface area contributed by atoms with Crippen molar-refractivity contribution in [1.29, 1.82) is 0 Å². The Balaban J connectivity index is 2.25. The largest absolute Gasteiger partial charge is 0.487 e. The number of nitrogens with zero attached hydrogens (tertiary/aromatic N) is 3. The van der Waals surface area contributed by atoms with Gasteiger partial charge in [-0.1, -0.05) is 6.07 Å². The Morgan fingerprint density at radius 3 is 2.81 bits per heavy atom. The summed E-state index contributed by atoms with van der Waals surface area (Å²) in [6.07, 6.45) is 1.89. The second kappa shape index (κ2) is 6.25. The summed E-state index contributed by atoms with van der Waals surface area (Å²) in [5, 5.41) is 18.6. The Bertz CT molecular complexity index is 652. The molecule has 112 valence electrons. The molecule has 1 heterocycles. The molecule has 7 heteroatoms. The molecule has 0 fully saturated rings. The van der Waals surface area contributed by atoms with Crippen molar-refractivity contribution in [2.24, 2.45) is 7.05 Å². The molecule has 0 saturated carbocycles. The van der Waals surface area contributed by atoms with Crippen LogP contribution in [-0.4, -0.2) is 21.3 Å². The summed E-state index contributed by atoms with van der Waals surface area (Å²) in [6.45, 7) is 4.55. The summed E-state index contributed by atoms with van der Waals surface area (Å²) in [4.78, 5) is 10.8. The van der Waals surface area contributed by atoms with E-state index in [0.29, 0.717) is 18.8 Å². The average Bonchev–Trinajstić information content (AvgIpc) is 2.74. The zero-order valence-electron chi connectivity index (χ0n) is 12.3. The highest BCUT2D eigenvalue weighted by molar-refractivity contribution is 5.68. The van der Waals surface area contributed by atoms with E-state index in [4.69, 9.17) is 4.74 Å². The van der Waals surface area contributed by atoms with E-state index in [1.807, 2.05) is 20.2 Å². The third kappa shape index (κ3) is 3.31. The zero-order valence-corrected chi connectivity index (χ0v) is 12.3. The lowest BCUT2D eigenvalue weighted by Crippen LogP contribution is -2.05. The quantitative estimate of drug-likeness (QED) is 0.653. The number of anilines is 1. The Morgan fingerprint density at radius 2 is 2.24 bits per heavy atom. The van der Waals surface area contributed by atoms with Crippen molar-refractivity contribution < 1.29 is 9.66 Å². The molecule has 0 aliphatic carbocycles. The highest BCUT2D eigenvalue weighted by atomic mass is 16.6. The van der Waals surface area contributed by atoms with Crippen molar-refractivity contribution in [3.05, 3.63) is 45.8 Å². The molecule has 1 N–H and O–H groups in total. The smallest absolute Gasteiger partial charge is 0.333 e. The number of aromatic nitrogens is 2. The lowest BCUT2D eigenvalue weighted by Gasteiger charge is -2.10. The van der Waals surface area contributed by atoms with Gasteiger partial charge in [0.1, 0.15) is 5.69 Å². The lowest BCUT2D eigenvalue weighted by molar-refractivity contribution is -0.384. The van der Waals surface area contributed by atoms with E-state index in [1.165, 1.54) is 0 Å². The van der Waals surface area contributed by atoms with Crippen LogP contribution in [0.5, 0.6) is 5.75 Å². The van der Waals surface area contributed by atoms with Crippen LogP contribution in [-0.2, 0) is 13.6 Å². The van der Waals surface area contributed by atoms with Crippen molar-refractivity contribution in [1.82, 2.24) is 9.78 Å². The van der Waals surface area contributed by atoms with E-state index in [0.717, 1.165) is 11.3 Å². The predicted molar refractivity (Wildman–Crippen MR) is 79.5 cm³/mol. The highest BCUT2D eigenvalue weighted by Gasteiger charge is 2.20. The SMILES string of the molecule is CCOc1cccc(NCc2cn(C)nc2C)c1[N+](=O)[O-]. The molecule has 2 aromatic rings. The molecule has 0 atom stereocenters. The summed E-state index contributed by atoms with van der Waals surface area (Å²) >= 11 is 0. The number of aryl methyl sites for hydroxylation is 2. The predicted octanol–water partition coefficient (Wildman–Crippen LogP) is 2.65. The van der Waals surface area contributed by atoms with Crippen LogP contribution < -0.4 is 10.1 Å². The Kier molecular flexibility index (Phi) is 4.42. The first-order chi connectivity index (χ1) is 10.0. The molecule has 0 saturated heterocycles. The number of para-hydroxylation sites is 1. The van der Waals surface area contributed by atoms with Crippen LogP contribution >= 0.6 is 0 Å². The molecular weight excluding hydrogens is 272 g/mol. The molecule has 0 spiro atoms. The minimum absolute atomic E-state index is 0.0408. The molecular formula is C14H18N4O3. The maximum atomic E-state index is 11.3. The maximum absolute atomic E-state index is 11.3. The van der Waals surface area contributed by atoms with Gasteiger partial charge in [-0.2, -0.15) is 5.10 Å². The van der Waals surface area contributed by atoms with E-state index in [9.17, 15) is 10.1 Å². The number of rotatable bonds is 6. The Hall–Kier alpha value is -2.57. The number of ether oxygens (including phenoxy) is 1. The van der Waals surface area contributed by atoms with E-state index in [-0.39, 0.29) is 11.4 Å². The maximum Gasteiger partial charge on any atom is 0.333 e. The van der Waals surface area contributed by atoms with E-state index in [1.54, 1.807) is 29.8 Å². The van der Waals surface area contributed by atoms with Crippen LogP contribution in [0.1, 0.15) is 18.2 Å². The minimum Gasteiger partial charge on any atom is -0.487 e. The van der Waals surface area contributed by atoms with Crippen LogP contribution in [0.2, 0.25) is 0 Å². The lowest BCUT2D eigenvalue weighted by atomic mass is 10.2. The first-order valence-corrected chi connectivity index (χ1v) is 6.66. The van der Waals surface area contributed by atoms with Crippen LogP contribution in [0.25, 0.3) is 0 Å². The monoisotopic (exact) mass is 290 g/mol. The third-order valence-electron chi connectivity index (χ3n) is 3.07. The second-order valence-corrected chi connectivity index (χ2v) is 4.61. The van der Waals surface area contributed by atoms with E-state index >= 15 is 0 Å². The molecule has 7 nitrogen and oxygen atoms in total. The molecule has 1 aromatic heterocycles. The average molecular weight is 290 g/mol. The van der Waals surface area contributed by atoms with Gasteiger partial charge in [-0.05, 0) is 26.0 Å². The van der Waals surface area contributed by atoms with E-state index in [2.05, 4.69) is 10.4 Å². The number of nitro benzene ring substituents is 1. The second-order valence-electron chi connectivity index (χ2n) is 4.61. The fraction of sp³-hybridized carbons (Fsp3) is 0.357. The first-order valence-electron chi connectivity index (χ1n) is 6.66. The first kappa shape index (κ1) is 14.8. The van der Waals surface area contributed by atoms with Crippen molar-refractivity contribution in [3.63, 3.8) is 0 Å². The third-order valence-corrected chi connectivity index (χ3v) is 3.07. The molecule has 0 aliphatic rings. The fourth-order valence-corrected chi connectivity index (χ4v) is 2.14. The standard InChI is InChI=1S/C14H18N4O3/c1-4-21-13-7-5-6-12(14(13)18(19)20)15-8-11-9-17(3)16-10(11)2/h5-7,9,15H,4,8H2,1-3H3. The topological polar surface area (TPSA) is 82.2 Å². The van der Waals surface area contributed by atoms with E-state index < -0.39 is 4.92 Å². The van der Waals surface area contributed by atoms with Crippen LogP contribution in [0.15, 0.2) is 24.4 Å². The van der Waals surface area contributed by atoms with Crippen molar-refractivity contribution in [3.8, 4) is 5.75 Å². The molecule has 0 radical (unpaired) electrons. The van der Waals surface area contributed by atoms with Gasteiger partial charge in [0.25, 0.3) is 0 Å². The molecule has 0 amide bonds. The van der Waals surface area contributed by atoms with Gasteiger partial charge in [-0.25, -0.2) is 0 Å². The minimum atomic E-state index is -0.427. The van der Waals surface area contributed by atoms with Gasteiger partial charge in [-0.15, -0.1) is 0 Å². The fourth-order valence-electron chi connectivity index (χ4n) is 2.14. The van der Waals surface area contributed by atoms with Gasteiger partial charge >= 0.3 is 5.69 Å². The molecule has 0 aliphatic heterocycles. The van der Waals surface area contributed by atoms with Gasteiger partial charge < -0.3 is 10.1 Å². The number of benzene rings is 1. The summed E-state index contributed by atoms with van der Waals surface area (Å²) in [6, 6.07) is 5.00. The normalized spacial score (nSPS) is 10.4. The summed E-state index contributed by atoms with van der Waals surface area (Å²) in [5.74, 6) is 0.274. The van der Waals surface area contributed by atoms with Crippen LogP contribution in [0.4, 0.5) is 11.4 Å². The summed E-state index contributed by atoms with van der Waals surface area (Å²) in [5.41, 5.74) is 2.29. The van der Waals surface area contributed by atoms with Crippen LogP contribution in [0.3, 0.4) is 0 Å². The highest BCUT2D eigenvalue weighted by Crippen LogP contribution is 2.35. The Labute approximate surface area is 122 Å². The van der Waals surface area contributed by atoms with Gasteiger partial charge in [0.05, 0.1) is 17.2 Å². The van der Waals surface area contributed by atoms with Gasteiger partial charge in [0.2, 0.25) is 0 Å². The number of hydrogen-bond acceptors (Lipinski definition) is 5. The van der Waals surface area contributed by atoms with Crippen molar-refractivity contribution >= 4 is 11.4 Å². The zero-order chi connectivity index (χ0) is 15.4. The molecule has 1 aromatic carbocycles. The molecule has 0 bridgehead atoms. The molecule has 21 heavy (non-hydrogen) atoms. The van der Waals surface area contributed by atoms with Gasteiger partial charge in [-0.3, -0.25) is 14.8 Å².